The van der Waals surface area contributed by atoms with Gasteiger partial charge >= 0.3 is 0 Å². The van der Waals surface area contributed by atoms with Crippen molar-refractivity contribution < 1.29 is 19.1 Å². The molecule has 1 aliphatic rings. The molecule has 1 atom stereocenters. The Morgan fingerprint density at radius 3 is 2.84 bits per heavy atom. The third-order valence-electron chi connectivity index (χ3n) is 5.24. The first-order valence-electron chi connectivity index (χ1n) is 10.4. The molecule has 0 bridgehead atoms. The first kappa shape index (κ1) is 20.9. The summed E-state index contributed by atoms with van der Waals surface area (Å²) in [7, 11) is 1.94. The molecule has 8 heteroatoms. The van der Waals surface area contributed by atoms with E-state index in [0.717, 1.165) is 29.7 Å². The highest BCUT2D eigenvalue weighted by atomic mass is 16.5. The molecular weight excluding hydrogens is 396 g/mol. The Balaban J connectivity index is 1.33. The van der Waals surface area contributed by atoms with Crippen LogP contribution in [-0.2, 0) is 27.8 Å². The molecule has 2 aromatic carbocycles. The van der Waals surface area contributed by atoms with Gasteiger partial charge in [0.1, 0.15) is 17.7 Å². The number of ether oxygens (including phenoxy) is 2. The molecule has 8 nitrogen and oxygen atoms in total. The Labute approximate surface area is 180 Å². The minimum absolute atomic E-state index is 0.0565. The van der Waals surface area contributed by atoms with Gasteiger partial charge in [-0.25, -0.2) is 4.98 Å². The van der Waals surface area contributed by atoms with Crippen LogP contribution in [0, 0.1) is 0 Å². The van der Waals surface area contributed by atoms with E-state index < -0.39 is 0 Å². The number of para-hydroxylation sites is 1. The maximum Gasteiger partial charge on any atom is 0.262 e. The highest BCUT2D eigenvalue weighted by Gasteiger charge is 2.23. The fraction of sp³-hybridized carbons (Fsp3) is 0.348. The van der Waals surface area contributed by atoms with E-state index in [2.05, 4.69) is 15.6 Å². The summed E-state index contributed by atoms with van der Waals surface area (Å²) in [5.41, 5.74) is 2.40. The molecule has 1 aliphatic heterocycles. The van der Waals surface area contributed by atoms with Crippen LogP contribution in [0.1, 0.15) is 18.7 Å². The second kappa shape index (κ2) is 9.61. The van der Waals surface area contributed by atoms with E-state index in [-0.39, 0.29) is 24.5 Å². The smallest absolute Gasteiger partial charge is 0.262 e. The van der Waals surface area contributed by atoms with Crippen molar-refractivity contribution in [3.63, 3.8) is 0 Å². The van der Waals surface area contributed by atoms with Crippen LogP contribution < -0.4 is 15.4 Å². The second-order valence-electron chi connectivity index (χ2n) is 7.48. The first-order chi connectivity index (χ1) is 15.1. The number of fused-ring (bicyclic) bond motifs is 1. The molecule has 0 aliphatic carbocycles. The summed E-state index contributed by atoms with van der Waals surface area (Å²) in [6, 6.07) is 14.8. The van der Waals surface area contributed by atoms with E-state index in [1.165, 1.54) is 0 Å². The van der Waals surface area contributed by atoms with Crippen molar-refractivity contribution in [1.29, 1.82) is 0 Å². The van der Waals surface area contributed by atoms with Gasteiger partial charge in [-0.3, -0.25) is 9.59 Å². The van der Waals surface area contributed by atoms with Gasteiger partial charge in [0, 0.05) is 32.3 Å². The number of hydrogen-bond acceptors (Lipinski definition) is 5. The number of aryl methyl sites for hydroxylation is 1. The number of carbonyl (C=O) groups excluding carboxylic acids is 2. The maximum atomic E-state index is 12.2. The third-order valence-corrected chi connectivity index (χ3v) is 5.24. The minimum Gasteiger partial charge on any atom is -0.484 e. The lowest BCUT2D eigenvalue weighted by Crippen LogP contribution is -2.35. The number of imidazole rings is 1. The molecule has 1 fully saturated rings. The second-order valence-corrected chi connectivity index (χ2v) is 7.48. The minimum atomic E-state index is -0.322. The number of aromatic nitrogens is 2. The number of rotatable bonds is 8. The average molecular weight is 422 g/mol. The third kappa shape index (κ3) is 5.21. The summed E-state index contributed by atoms with van der Waals surface area (Å²) in [6.45, 7) is 1.08. The number of nitrogens with one attached hydrogen (secondary N) is 2. The van der Waals surface area contributed by atoms with Gasteiger partial charge in [-0.2, -0.15) is 0 Å². The van der Waals surface area contributed by atoms with E-state index in [0.29, 0.717) is 31.0 Å². The molecule has 0 radical (unpaired) electrons. The van der Waals surface area contributed by atoms with Crippen molar-refractivity contribution in [2.45, 2.75) is 25.4 Å². The Hall–Kier alpha value is -3.39. The lowest BCUT2D eigenvalue weighted by atomic mass is 10.2. The van der Waals surface area contributed by atoms with Gasteiger partial charge in [0.2, 0.25) is 5.91 Å². The van der Waals surface area contributed by atoms with Crippen LogP contribution in [0.2, 0.25) is 0 Å². The summed E-state index contributed by atoms with van der Waals surface area (Å²) < 4.78 is 12.9. The van der Waals surface area contributed by atoms with Crippen LogP contribution in [-0.4, -0.2) is 47.2 Å². The summed E-state index contributed by atoms with van der Waals surface area (Å²) in [5.74, 6) is 1.21. The van der Waals surface area contributed by atoms with E-state index in [9.17, 15) is 9.59 Å². The highest BCUT2D eigenvalue weighted by molar-refractivity contribution is 5.94. The molecule has 4 rings (SSSR count). The first-order valence-corrected chi connectivity index (χ1v) is 10.4. The largest absolute Gasteiger partial charge is 0.484 e. The molecule has 2 N–H and O–H groups in total. The quantitative estimate of drug-likeness (QED) is 0.582. The van der Waals surface area contributed by atoms with Crippen molar-refractivity contribution >= 4 is 28.5 Å². The van der Waals surface area contributed by atoms with Crippen molar-refractivity contribution in [1.82, 2.24) is 14.9 Å². The monoisotopic (exact) mass is 422 g/mol. The van der Waals surface area contributed by atoms with Gasteiger partial charge < -0.3 is 24.7 Å². The molecule has 31 heavy (non-hydrogen) atoms. The molecule has 0 unspecified atom stereocenters. The number of anilines is 1. The number of amides is 2. The molecule has 2 amide bonds. The van der Waals surface area contributed by atoms with Crippen molar-refractivity contribution in [3.8, 4) is 5.75 Å². The molecule has 2 heterocycles. The fourth-order valence-corrected chi connectivity index (χ4v) is 3.61. The zero-order valence-electron chi connectivity index (χ0n) is 17.5. The predicted molar refractivity (Wildman–Crippen MR) is 117 cm³/mol. The summed E-state index contributed by atoms with van der Waals surface area (Å²) in [5, 5.41) is 5.76. The van der Waals surface area contributed by atoms with Gasteiger partial charge in [-0.05, 0) is 43.2 Å². The Bertz CT molecular complexity index is 1060. The lowest BCUT2D eigenvalue weighted by molar-refractivity contribution is -0.130. The summed E-state index contributed by atoms with van der Waals surface area (Å²) >= 11 is 0. The van der Waals surface area contributed by atoms with E-state index in [4.69, 9.17) is 9.47 Å². The summed E-state index contributed by atoms with van der Waals surface area (Å²) in [6.07, 6.45) is 2.00. The van der Waals surface area contributed by atoms with Gasteiger partial charge in [0.25, 0.3) is 5.91 Å². The van der Waals surface area contributed by atoms with Gasteiger partial charge in [0.05, 0.1) is 11.0 Å². The van der Waals surface area contributed by atoms with E-state index in [1.807, 2.05) is 48.0 Å². The fourth-order valence-electron chi connectivity index (χ4n) is 3.61. The highest BCUT2D eigenvalue weighted by Crippen LogP contribution is 2.20. The molecule has 0 saturated carbocycles. The van der Waals surface area contributed by atoms with Crippen LogP contribution in [0.25, 0.3) is 11.0 Å². The normalized spacial score (nSPS) is 15.7. The number of hydrogen-bond donors (Lipinski definition) is 2. The van der Waals surface area contributed by atoms with Crippen LogP contribution in [0.3, 0.4) is 0 Å². The average Bonchev–Trinajstić information content (AvgIpc) is 3.42. The van der Waals surface area contributed by atoms with Gasteiger partial charge in [-0.15, -0.1) is 0 Å². The van der Waals surface area contributed by atoms with Gasteiger partial charge in [0.15, 0.2) is 6.61 Å². The standard InChI is InChI=1S/C23H26N4O4/c1-27-19-10-9-16(25-22(28)15-31-17-6-3-2-4-7-17)14-18(19)26-21(27)11-12-24-23(29)20-8-5-13-30-20/h2-4,6-7,9-10,14,20H,5,8,11-13,15H2,1H3,(H,24,29)(H,25,28)/t20-/m1/s1. The number of benzene rings is 2. The maximum absolute atomic E-state index is 12.2. The summed E-state index contributed by atoms with van der Waals surface area (Å²) in [4.78, 5) is 28.9. The van der Waals surface area contributed by atoms with E-state index in [1.54, 1.807) is 12.1 Å². The van der Waals surface area contributed by atoms with Crippen LogP contribution in [0.5, 0.6) is 5.75 Å². The van der Waals surface area contributed by atoms with Crippen LogP contribution in [0.4, 0.5) is 5.69 Å². The zero-order chi connectivity index (χ0) is 21.6. The SMILES string of the molecule is Cn1c(CCNC(=O)[C@H]2CCCO2)nc2cc(NC(=O)COc3ccccc3)ccc21. The van der Waals surface area contributed by atoms with Crippen LogP contribution >= 0.6 is 0 Å². The van der Waals surface area contributed by atoms with Crippen molar-refractivity contribution in [2.24, 2.45) is 7.05 Å². The number of carbonyl (C=O) groups is 2. The molecule has 3 aromatic rings. The molecule has 1 aromatic heterocycles. The van der Waals surface area contributed by atoms with E-state index >= 15 is 0 Å². The Morgan fingerprint density at radius 1 is 1.23 bits per heavy atom. The van der Waals surface area contributed by atoms with Crippen molar-refractivity contribution in [3.05, 3.63) is 54.4 Å². The predicted octanol–water partition coefficient (Wildman–Crippen LogP) is 2.43. The topological polar surface area (TPSA) is 94.5 Å². The molecular formula is C23H26N4O4. The van der Waals surface area contributed by atoms with Crippen LogP contribution in [0.15, 0.2) is 48.5 Å². The number of nitrogens with zero attached hydrogens (tertiary/aromatic N) is 2. The lowest BCUT2D eigenvalue weighted by Gasteiger charge is -2.10. The molecule has 1 saturated heterocycles. The Kier molecular flexibility index (Phi) is 6.47. The Morgan fingerprint density at radius 2 is 2.06 bits per heavy atom. The molecule has 162 valence electrons. The molecule has 0 spiro atoms. The van der Waals surface area contributed by atoms with Crippen molar-refractivity contribution in [2.75, 3.05) is 25.1 Å². The zero-order valence-corrected chi connectivity index (χ0v) is 17.5. The van der Waals surface area contributed by atoms with Gasteiger partial charge in [-0.1, -0.05) is 18.2 Å².